The summed E-state index contributed by atoms with van der Waals surface area (Å²) in [6.45, 7) is 2.57. The van der Waals surface area contributed by atoms with Crippen molar-refractivity contribution >= 4 is 41.8 Å². The second-order valence-corrected chi connectivity index (χ2v) is 5.44. The smallest absolute Gasteiger partial charge is 0.251 e. The number of hydrogen-bond donors (Lipinski definition) is 3. The molecule has 2 rings (SSSR count). The Morgan fingerprint density at radius 3 is 2.33 bits per heavy atom. The predicted octanol–water partition coefficient (Wildman–Crippen LogP) is 0.691. The van der Waals surface area contributed by atoms with Crippen molar-refractivity contribution in [2.75, 3.05) is 26.7 Å². The van der Waals surface area contributed by atoms with Crippen LogP contribution in [0.25, 0.3) is 0 Å². The highest BCUT2D eigenvalue weighted by molar-refractivity contribution is 14.0. The van der Waals surface area contributed by atoms with Crippen molar-refractivity contribution in [1.29, 1.82) is 0 Å². The van der Waals surface area contributed by atoms with Crippen molar-refractivity contribution in [3.63, 3.8) is 0 Å². The van der Waals surface area contributed by atoms with Crippen LogP contribution < -0.4 is 16.4 Å². The van der Waals surface area contributed by atoms with E-state index in [4.69, 9.17) is 5.73 Å². The zero-order chi connectivity index (χ0) is 16.7. The first kappa shape index (κ1) is 20.2. The molecule has 1 aromatic carbocycles. The Labute approximate surface area is 159 Å². The molecule has 0 spiro atoms. The van der Waals surface area contributed by atoms with Crippen LogP contribution in [0.2, 0.25) is 0 Å². The molecule has 0 atom stereocenters. The van der Waals surface area contributed by atoms with Crippen LogP contribution in [-0.2, 0) is 11.3 Å². The highest BCUT2D eigenvalue weighted by Crippen LogP contribution is 2.08. The lowest BCUT2D eigenvalue weighted by atomic mass is 10.1. The zero-order valence-corrected chi connectivity index (χ0v) is 16.1. The molecule has 8 heteroatoms. The van der Waals surface area contributed by atoms with Crippen LogP contribution in [0.3, 0.4) is 0 Å². The van der Waals surface area contributed by atoms with Crippen molar-refractivity contribution < 1.29 is 9.59 Å². The third-order valence-corrected chi connectivity index (χ3v) is 3.71. The third-order valence-electron chi connectivity index (χ3n) is 3.71. The first-order valence-electron chi connectivity index (χ1n) is 7.71. The number of benzene rings is 1. The molecule has 1 fully saturated rings. The van der Waals surface area contributed by atoms with Gasteiger partial charge < -0.3 is 21.3 Å². The molecule has 1 aliphatic rings. The fourth-order valence-electron chi connectivity index (χ4n) is 2.49. The first-order chi connectivity index (χ1) is 11.1. The summed E-state index contributed by atoms with van der Waals surface area (Å²) in [4.78, 5) is 29.0. The number of rotatable bonds is 5. The molecule has 1 aromatic rings. The minimum atomic E-state index is -0.563. The van der Waals surface area contributed by atoms with Crippen molar-refractivity contribution in [2.45, 2.75) is 19.4 Å². The van der Waals surface area contributed by atoms with E-state index in [0.29, 0.717) is 12.1 Å². The van der Waals surface area contributed by atoms with Crippen LogP contribution >= 0.6 is 24.0 Å². The summed E-state index contributed by atoms with van der Waals surface area (Å²) in [7, 11) is 1.78. The monoisotopic (exact) mass is 445 g/mol. The van der Waals surface area contributed by atoms with E-state index in [-0.39, 0.29) is 36.4 Å². The molecular formula is C16H24IN5O2. The maximum Gasteiger partial charge on any atom is 0.251 e. The van der Waals surface area contributed by atoms with Gasteiger partial charge in [-0.15, -0.1) is 24.0 Å². The number of carbonyl (C=O) groups excluding carboxylic acids is 2. The van der Waals surface area contributed by atoms with Crippen LogP contribution in [0.15, 0.2) is 29.3 Å². The van der Waals surface area contributed by atoms with Gasteiger partial charge in [0.1, 0.15) is 0 Å². The molecule has 0 aromatic heterocycles. The number of guanidine groups is 1. The van der Waals surface area contributed by atoms with Gasteiger partial charge in [-0.25, -0.2) is 0 Å². The number of nitrogens with one attached hydrogen (secondary N) is 2. The lowest BCUT2D eigenvalue weighted by molar-refractivity contribution is -0.117. The largest absolute Gasteiger partial charge is 0.368 e. The van der Waals surface area contributed by atoms with Gasteiger partial charge in [0.25, 0.3) is 5.91 Å². The van der Waals surface area contributed by atoms with Crippen LogP contribution in [-0.4, -0.2) is 49.4 Å². The molecule has 4 N–H and O–H groups in total. The highest BCUT2D eigenvalue weighted by atomic mass is 127. The first-order valence-corrected chi connectivity index (χ1v) is 7.71. The molecular weight excluding hydrogens is 421 g/mol. The van der Waals surface area contributed by atoms with Gasteiger partial charge in [-0.3, -0.25) is 14.6 Å². The van der Waals surface area contributed by atoms with E-state index in [0.717, 1.165) is 24.6 Å². The number of hydrogen-bond acceptors (Lipinski definition) is 3. The standard InChI is InChI=1S/C16H23N5O2.HI/c1-18-16(21-8-2-3-9-21)20-10-12-4-6-13(7-5-12)15(23)19-11-14(17)22;/h4-7H,2-3,8-11H2,1H3,(H2,17,22)(H,18,20)(H,19,23);1H. The minimum absolute atomic E-state index is 0. The molecule has 0 unspecified atom stereocenters. The second-order valence-electron chi connectivity index (χ2n) is 5.44. The summed E-state index contributed by atoms with van der Waals surface area (Å²) in [5.74, 6) is 0.0365. The molecule has 1 saturated heterocycles. The molecule has 0 saturated carbocycles. The summed E-state index contributed by atoms with van der Waals surface area (Å²) in [5.41, 5.74) is 6.55. The maximum atomic E-state index is 11.8. The van der Waals surface area contributed by atoms with Gasteiger partial charge in [0, 0.05) is 32.2 Å². The van der Waals surface area contributed by atoms with E-state index in [1.165, 1.54) is 12.8 Å². The van der Waals surface area contributed by atoms with Crippen molar-refractivity contribution in [3.05, 3.63) is 35.4 Å². The van der Waals surface area contributed by atoms with Gasteiger partial charge in [-0.2, -0.15) is 0 Å². The number of primary amides is 1. The van der Waals surface area contributed by atoms with E-state index in [2.05, 4.69) is 20.5 Å². The number of amides is 2. The SMILES string of the molecule is CN=C(NCc1ccc(C(=O)NCC(N)=O)cc1)N1CCCC1.I. The number of carbonyl (C=O) groups is 2. The number of halogens is 1. The summed E-state index contributed by atoms with van der Waals surface area (Å²) in [5, 5.41) is 5.79. The van der Waals surface area contributed by atoms with Crippen molar-refractivity contribution in [3.8, 4) is 0 Å². The van der Waals surface area contributed by atoms with E-state index in [1.807, 2.05) is 12.1 Å². The number of aliphatic imine (C=N–C) groups is 1. The topological polar surface area (TPSA) is 99.8 Å². The van der Waals surface area contributed by atoms with E-state index < -0.39 is 5.91 Å². The lowest BCUT2D eigenvalue weighted by Crippen LogP contribution is -2.39. The number of nitrogens with zero attached hydrogens (tertiary/aromatic N) is 2. The Morgan fingerprint density at radius 2 is 1.79 bits per heavy atom. The van der Waals surface area contributed by atoms with Gasteiger partial charge in [0.2, 0.25) is 5.91 Å². The Kier molecular flexibility index (Phi) is 8.51. The number of nitrogens with two attached hydrogens (primary N) is 1. The Bertz CT molecular complexity index is 583. The summed E-state index contributed by atoms with van der Waals surface area (Å²) in [6, 6.07) is 7.21. The van der Waals surface area contributed by atoms with Gasteiger partial charge in [-0.1, -0.05) is 12.1 Å². The molecule has 0 bridgehead atoms. The molecule has 24 heavy (non-hydrogen) atoms. The molecule has 0 aliphatic carbocycles. The molecule has 1 heterocycles. The van der Waals surface area contributed by atoms with Gasteiger partial charge in [-0.05, 0) is 30.5 Å². The maximum absolute atomic E-state index is 11.8. The Balaban J connectivity index is 0.00000288. The van der Waals surface area contributed by atoms with Crippen LogP contribution in [0.4, 0.5) is 0 Å². The van der Waals surface area contributed by atoms with E-state index in [1.54, 1.807) is 19.2 Å². The second kappa shape index (κ2) is 10.1. The average Bonchev–Trinajstić information content (AvgIpc) is 3.08. The molecule has 2 amide bonds. The van der Waals surface area contributed by atoms with Crippen LogP contribution in [0.1, 0.15) is 28.8 Å². The van der Waals surface area contributed by atoms with Gasteiger partial charge in [0.05, 0.1) is 6.54 Å². The van der Waals surface area contributed by atoms with Gasteiger partial charge >= 0.3 is 0 Å². The normalized spacial score (nSPS) is 14.0. The Hall–Kier alpha value is -1.84. The van der Waals surface area contributed by atoms with E-state index >= 15 is 0 Å². The quantitative estimate of drug-likeness (QED) is 0.353. The zero-order valence-electron chi connectivity index (χ0n) is 13.7. The minimum Gasteiger partial charge on any atom is -0.368 e. The van der Waals surface area contributed by atoms with Gasteiger partial charge in [0.15, 0.2) is 5.96 Å². The van der Waals surface area contributed by atoms with Crippen molar-refractivity contribution in [1.82, 2.24) is 15.5 Å². The third kappa shape index (κ3) is 5.99. The predicted molar refractivity (Wildman–Crippen MR) is 104 cm³/mol. The number of likely N-dealkylation sites (tertiary alicyclic amines) is 1. The Morgan fingerprint density at radius 1 is 1.17 bits per heavy atom. The average molecular weight is 445 g/mol. The van der Waals surface area contributed by atoms with E-state index in [9.17, 15) is 9.59 Å². The molecule has 1 aliphatic heterocycles. The van der Waals surface area contributed by atoms with Crippen LogP contribution in [0, 0.1) is 0 Å². The summed E-state index contributed by atoms with van der Waals surface area (Å²) >= 11 is 0. The fraction of sp³-hybridized carbons (Fsp3) is 0.438. The summed E-state index contributed by atoms with van der Waals surface area (Å²) in [6.07, 6.45) is 2.41. The molecule has 7 nitrogen and oxygen atoms in total. The van der Waals surface area contributed by atoms with Crippen LogP contribution in [0.5, 0.6) is 0 Å². The van der Waals surface area contributed by atoms with Crippen molar-refractivity contribution in [2.24, 2.45) is 10.7 Å². The lowest BCUT2D eigenvalue weighted by Gasteiger charge is -2.20. The summed E-state index contributed by atoms with van der Waals surface area (Å²) < 4.78 is 0. The molecule has 0 radical (unpaired) electrons. The fourth-order valence-corrected chi connectivity index (χ4v) is 2.49. The highest BCUT2D eigenvalue weighted by Gasteiger charge is 2.15. The molecule has 132 valence electrons.